The molecule has 4 heteroatoms. The zero-order chi connectivity index (χ0) is 13.8. The van der Waals surface area contributed by atoms with Crippen LogP contribution in [0.15, 0.2) is 5.38 Å². The SMILES string of the molecule is CC(C)CN(Cc1csc(CNC(C)C)n1)C1CC1. The molecule has 2 rings (SSSR count). The van der Waals surface area contributed by atoms with Crippen LogP contribution < -0.4 is 5.32 Å². The van der Waals surface area contributed by atoms with Crippen molar-refractivity contribution in [2.75, 3.05) is 6.54 Å². The summed E-state index contributed by atoms with van der Waals surface area (Å²) in [6.45, 7) is 12.1. The maximum Gasteiger partial charge on any atom is 0.107 e. The summed E-state index contributed by atoms with van der Waals surface area (Å²) in [7, 11) is 0. The van der Waals surface area contributed by atoms with E-state index in [2.05, 4.69) is 43.3 Å². The minimum Gasteiger partial charge on any atom is -0.308 e. The van der Waals surface area contributed by atoms with E-state index in [4.69, 9.17) is 4.98 Å². The third-order valence-electron chi connectivity index (χ3n) is 3.29. The molecule has 0 aliphatic heterocycles. The molecule has 1 fully saturated rings. The van der Waals surface area contributed by atoms with E-state index in [-0.39, 0.29) is 0 Å². The van der Waals surface area contributed by atoms with Gasteiger partial charge in [-0.25, -0.2) is 4.98 Å². The first-order valence-electron chi connectivity index (χ1n) is 7.45. The van der Waals surface area contributed by atoms with E-state index < -0.39 is 0 Å². The molecule has 108 valence electrons. The van der Waals surface area contributed by atoms with Gasteiger partial charge in [-0.1, -0.05) is 27.7 Å². The normalized spacial score (nSPS) is 15.9. The molecule has 0 saturated heterocycles. The number of nitrogens with one attached hydrogen (secondary N) is 1. The standard InChI is InChI=1S/C15H27N3S/c1-11(2)8-18(14-5-6-14)9-13-10-19-15(17-13)7-16-12(3)4/h10-12,14,16H,5-9H2,1-4H3. The van der Waals surface area contributed by atoms with Crippen molar-refractivity contribution in [3.63, 3.8) is 0 Å². The van der Waals surface area contributed by atoms with Gasteiger partial charge in [-0.05, 0) is 18.8 Å². The molecule has 1 aromatic rings. The second kappa shape index (κ2) is 6.82. The summed E-state index contributed by atoms with van der Waals surface area (Å²) >= 11 is 1.78. The molecule has 0 unspecified atom stereocenters. The van der Waals surface area contributed by atoms with Gasteiger partial charge in [-0.3, -0.25) is 4.90 Å². The first-order chi connectivity index (χ1) is 9.04. The second-order valence-electron chi connectivity index (χ2n) is 6.32. The lowest BCUT2D eigenvalue weighted by Gasteiger charge is -2.22. The van der Waals surface area contributed by atoms with Gasteiger partial charge in [0.25, 0.3) is 0 Å². The molecule has 1 saturated carbocycles. The molecule has 3 nitrogen and oxygen atoms in total. The number of thiazole rings is 1. The van der Waals surface area contributed by atoms with E-state index in [9.17, 15) is 0 Å². The van der Waals surface area contributed by atoms with Crippen molar-refractivity contribution >= 4 is 11.3 Å². The molecule has 0 atom stereocenters. The average Bonchev–Trinajstić information content (AvgIpc) is 3.07. The van der Waals surface area contributed by atoms with Gasteiger partial charge in [0.15, 0.2) is 0 Å². The van der Waals surface area contributed by atoms with Crippen LogP contribution in [0.5, 0.6) is 0 Å². The highest BCUT2D eigenvalue weighted by Crippen LogP contribution is 2.29. The Bertz CT molecular complexity index is 382. The van der Waals surface area contributed by atoms with Crippen LogP contribution in [0.3, 0.4) is 0 Å². The fourth-order valence-electron chi connectivity index (χ4n) is 2.25. The van der Waals surface area contributed by atoms with Crippen LogP contribution in [0, 0.1) is 5.92 Å². The molecular weight excluding hydrogens is 254 g/mol. The summed E-state index contributed by atoms with van der Waals surface area (Å²) in [6.07, 6.45) is 2.75. The van der Waals surface area contributed by atoms with Crippen molar-refractivity contribution in [2.45, 2.75) is 65.7 Å². The predicted octanol–water partition coefficient (Wildman–Crippen LogP) is 3.26. The lowest BCUT2D eigenvalue weighted by molar-refractivity contribution is 0.224. The Morgan fingerprint density at radius 3 is 2.68 bits per heavy atom. The molecular formula is C15H27N3S. The van der Waals surface area contributed by atoms with E-state index in [0.29, 0.717) is 6.04 Å². The summed E-state index contributed by atoms with van der Waals surface area (Å²) in [5.74, 6) is 0.737. The van der Waals surface area contributed by atoms with Crippen LogP contribution in [-0.4, -0.2) is 28.5 Å². The molecule has 0 radical (unpaired) electrons. The van der Waals surface area contributed by atoms with E-state index in [1.165, 1.54) is 30.1 Å². The Morgan fingerprint density at radius 1 is 1.37 bits per heavy atom. The minimum absolute atomic E-state index is 0.524. The fourth-order valence-corrected chi connectivity index (χ4v) is 2.99. The van der Waals surface area contributed by atoms with Gasteiger partial charge in [-0.2, -0.15) is 0 Å². The van der Waals surface area contributed by atoms with Crippen molar-refractivity contribution in [1.82, 2.24) is 15.2 Å². The fraction of sp³-hybridized carbons (Fsp3) is 0.800. The number of rotatable bonds is 8. The average molecular weight is 281 g/mol. The zero-order valence-corrected chi connectivity index (χ0v) is 13.5. The number of hydrogen-bond donors (Lipinski definition) is 1. The minimum atomic E-state index is 0.524. The summed E-state index contributed by atoms with van der Waals surface area (Å²) in [5.41, 5.74) is 1.25. The first kappa shape index (κ1) is 14.9. The van der Waals surface area contributed by atoms with E-state index in [1.807, 2.05) is 0 Å². The van der Waals surface area contributed by atoms with Crippen molar-refractivity contribution in [2.24, 2.45) is 5.92 Å². The molecule has 19 heavy (non-hydrogen) atoms. The molecule has 1 heterocycles. The molecule has 0 aromatic carbocycles. The van der Waals surface area contributed by atoms with Gasteiger partial charge in [0.1, 0.15) is 5.01 Å². The van der Waals surface area contributed by atoms with E-state index in [0.717, 1.165) is 25.0 Å². The highest BCUT2D eigenvalue weighted by molar-refractivity contribution is 7.09. The van der Waals surface area contributed by atoms with E-state index >= 15 is 0 Å². The first-order valence-corrected chi connectivity index (χ1v) is 8.33. The van der Waals surface area contributed by atoms with Gasteiger partial charge in [0.05, 0.1) is 5.69 Å². The number of aromatic nitrogens is 1. The third-order valence-corrected chi connectivity index (χ3v) is 4.19. The zero-order valence-electron chi connectivity index (χ0n) is 12.6. The summed E-state index contributed by atoms with van der Waals surface area (Å²) < 4.78 is 0. The van der Waals surface area contributed by atoms with Crippen LogP contribution in [0.1, 0.15) is 51.2 Å². The summed E-state index contributed by atoms with van der Waals surface area (Å²) in [4.78, 5) is 7.36. The van der Waals surface area contributed by atoms with Crippen LogP contribution >= 0.6 is 11.3 Å². The van der Waals surface area contributed by atoms with Crippen LogP contribution in [-0.2, 0) is 13.1 Å². The maximum absolute atomic E-state index is 4.75. The lowest BCUT2D eigenvalue weighted by Crippen LogP contribution is -2.29. The molecule has 1 aliphatic rings. The molecule has 1 N–H and O–H groups in total. The van der Waals surface area contributed by atoms with Gasteiger partial charge in [-0.15, -0.1) is 11.3 Å². The van der Waals surface area contributed by atoms with Crippen LogP contribution in [0.4, 0.5) is 0 Å². The van der Waals surface area contributed by atoms with Crippen molar-refractivity contribution < 1.29 is 0 Å². The predicted molar refractivity (Wildman–Crippen MR) is 82.4 cm³/mol. The highest BCUT2D eigenvalue weighted by atomic mass is 32.1. The molecule has 1 aromatic heterocycles. The van der Waals surface area contributed by atoms with Crippen molar-refractivity contribution in [1.29, 1.82) is 0 Å². The lowest BCUT2D eigenvalue weighted by atomic mass is 10.2. The van der Waals surface area contributed by atoms with Crippen LogP contribution in [0.25, 0.3) is 0 Å². The maximum atomic E-state index is 4.75. The highest BCUT2D eigenvalue weighted by Gasteiger charge is 2.29. The second-order valence-corrected chi connectivity index (χ2v) is 7.27. The topological polar surface area (TPSA) is 28.2 Å². The number of hydrogen-bond acceptors (Lipinski definition) is 4. The molecule has 0 amide bonds. The quantitative estimate of drug-likeness (QED) is 0.793. The smallest absolute Gasteiger partial charge is 0.107 e. The van der Waals surface area contributed by atoms with Gasteiger partial charge in [0, 0.05) is 37.1 Å². The summed E-state index contributed by atoms with van der Waals surface area (Å²) in [6, 6.07) is 1.34. The third kappa shape index (κ3) is 5.21. The Hall–Kier alpha value is -0.450. The Morgan fingerprint density at radius 2 is 2.11 bits per heavy atom. The number of nitrogens with zero attached hydrogens (tertiary/aromatic N) is 2. The largest absolute Gasteiger partial charge is 0.308 e. The Balaban J connectivity index is 1.86. The van der Waals surface area contributed by atoms with Gasteiger partial charge in [0.2, 0.25) is 0 Å². The monoisotopic (exact) mass is 281 g/mol. The van der Waals surface area contributed by atoms with Gasteiger partial charge < -0.3 is 5.32 Å². The van der Waals surface area contributed by atoms with Gasteiger partial charge >= 0.3 is 0 Å². The molecule has 0 bridgehead atoms. The van der Waals surface area contributed by atoms with Crippen molar-refractivity contribution in [3.05, 3.63) is 16.1 Å². The summed E-state index contributed by atoms with van der Waals surface area (Å²) in [5, 5.41) is 6.87. The molecule has 0 spiro atoms. The van der Waals surface area contributed by atoms with Crippen molar-refractivity contribution in [3.8, 4) is 0 Å². The van der Waals surface area contributed by atoms with Crippen LogP contribution in [0.2, 0.25) is 0 Å². The Labute approximate surface area is 121 Å². The van der Waals surface area contributed by atoms with E-state index in [1.54, 1.807) is 11.3 Å². The Kier molecular flexibility index (Phi) is 5.37. The molecule has 1 aliphatic carbocycles.